The van der Waals surface area contributed by atoms with E-state index in [1.165, 1.54) is 0 Å². The highest BCUT2D eigenvalue weighted by Gasteiger charge is 2.25. The van der Waals surface area contributed by atoms with E-state index in [2.05, 4.69) is 50.7 Å². The summed E-state index contributed by atoms with van der Waals surface area (Å²) in [5.74, 6) is 0.113. The molecule has 1 aliphatic rings. The van der Waals surface area contributed by atoms with Gasteiger partial charge in [-0.1, -0.05) is 12.1 Å². The molecule has 0 unspecified atom stereocenters. The molecule has 0 saturated carbocycles. The summed E-state index contributed by atoms with van der Waals surface area (Å²) < 4.78 is 26.5. The highest BCUT2D eigenvalue weighted by atomic mass is 32.2. The molecule has 1 N–H and O–H groups in total. The quantitative estimate of drug-likeness (QED) is 0.791. The van der Waals surface area contributed by atoms with Crippen molar-refractivity contribution in [2.45, 2.75) is 13.0 Å². The average molecular weight is 355 g/mol. The Labute approximate surface area is 146 Å². The molecule has 1 heterocycles. The van der Waals surface area contributed by atoms with Gasteiger partial charge in [0.2, 0.25) is 10.0 Å². The lowest BCUT2D eigenvalue weighted by molar-refractivity contribution is 0.113. The van der Waals surface area contributed by atoms with E-state index in [4.69, 9.17) is 0 Å². The maximum atomic E-state index is 11.9. The Morgan fingerprint density at radius 1 is 1.12 bits per heavy atom. The molecule has 0 aromatic heterocycles. The van der Waals surface area contributed by atoms with Gasteiger partial charge in [0, 0.05) is 58.5 Å². The smallest absolute Gasteiger partial charge is 0.211 e. The number of hydrogen-bond acceptors (Lipinski definition) is 5. The Hall–Kier alpha value is -1.15. The van der Waals surface area contributed by atoms with Crippen molar-refractivity contribution in [3.8, 4) is 0 Å². The van der Waals surface area contributed by atoms with Crippen LogP contribution in [-0.4, -0.2) is 77.8 Å². The molecule has 0 spiro atoms. The second-order valence-corrected chi connectivity index (χ2v) is 8.69. The van der Waals surface area contributed by atoms with Crippen molar-refractivity contribution in [1.82, 2.24) is 14.5 Å². The van der Waals surface area contributed by atoms with Gasteiger partial charge < -0.3 is 9.80 Å². The molecular weight excluding hydrogens is 324 g/mol. The molecule has 0 amide bonds. The minimum Gasteiger partial charge on any atom is -0.378 e. The molecule has 1 aliphatic heterocycles. The molecule has 1 atom stereocenters. The van der Waals surface area contributed by atoms with Crippen LogP contribution in [0.15, 0.2) is 24.3 Å². The first-order chi connectivity index (χ1) is 11.3. The molecule has 136 valence electrons. The van der Waals surface area contributed by atoms with E-state index in [-0.39, 0.29) is 11.8 Å². The largest absolute Gasteiger partial charge is 0.378 e. The Morgan fingerprint density at radius 3 is 2.21 bits per heavy atom. The van der Waals surface area contributed by atoms with Gasteiger partial charge in [-0.15, -0.1) is 0 Å². The highest BCUT2D eigenvalue weighted by Crippen LogP contribution is 2.24. The van der Waals surface area contributed by atoms with Crippen molar-refractivity contribution >= 4 is 15.7 Å². The fourth-order valence-electron chi connectivity index (χ4n) is 2.89. The first-order valence-electron chi connectivity index (χ1n) is 8.49. The molecular formula is C17H30N4O2S. The molecule has 1 saturated heterocycles. The molecule has 0 radical (unpaired) electrons. The second-order valence-electron chi connectivity index (χ2n) is 6.59. The van der Waals surface area contributed by atoms with Gasteiger partial charge in [-0.3, -0.25) is 4.90 Å². The van der Waals surface area contributed by atoms with Crippen molar-refractivity contribution in [3.05, 3.63) is 29.8 Å². The minimum absolute atomic E-state index is 0.0660. The molecule has 0 aliphatic carbocycles. The predicted octanol–water partition coefficient (Wildman–Crippen LogP) is 0.980. The summed E-state index contributed by atoms with van der Waals surface area (Å²) in [6, 6.07) is 8.47. The van der Waals surface area contributed by atoms with Crippen LogP contribution in [0.2, 0.25) is 0 Å². The highest BCUT2D eigenvalue weighted by molar-refractivity contribution is 7.89. The average Bonchev–Trinajstić information content (AvgIpc) is 2.57. The summed E-state index contributed by atoms with van der Waals surface area (Å²) in [5, 5.41) is 0. The van der Waals surface area contributed by atoms with E-state index in [1.807, 2.05) is 14.1 Å². The van der Waals surface area contributed by atoms with E-state index in [9.17, 15) is 8.42 Å². The molecule has 24 heavy (non-hydrogen) atoms. The number of nitrogens with one attached hydrogen (secondary N) is 1. The Bertz CT molecular complexity index is 608. The van der Waals surface area contributed by atoms with Gasteiger partial charge in [-0.05, 0) is 31.7 Å². The van der Waals surface area contributed by atoms with Gasteiger partial charge in [0.15, 0.2) is 0 Å². The lowest BCUT2D eigenvalue weighted by Crippen LogP contribution is -2.48. The number of anilines is 1. The van der Waals surface area contributed by atoms with Crippen molar-refractivity contribution in [2.24, 2.45) is 0 Å². The van der Waals surface area contributed by atoms with E-state index < -0.39 is 10.0 Å². The summed E-state index contributed by atoms with van der Waals surface area (Å²) >= 11 is 0. The zero-order chi connectivity index (χ0) is 17.7. The van der Waals surface area contributed by atoms with Crippen LogP contribution < -0.4 is 9.62 Å². The van der Waals surface area contributed by atoms with E-state index in [0.29, 0.717) is 6.54 Å². The molecule has 1 aromatic carbocycles. The van der Waals surface area contributed by atoms with Crippen molar-refractivity contribution in [3.63, 3.8) is 0 Å². The second kappa shape index (κ2) is 8.29. The number of piperazine rings is 1. The Morgan fingerprint density at radius 2 is 1.71 bits per heavy atom. The van der Waals surface area contributed by atoms with Crippen molar-refractivity contribution < 1.29 is 8.42 Å². The standard InChI is InChI=1S/C17H30N4O2S/c1-5-24(22,23)18-14-17(21-12-10-20(4)11-13-21)15-6-8-16(9-7-15)19(2)3/h6-9,17-18H,5,10-14H2,1-4H3/t17-/m1/s1. The molecule has 6 nitrogen and oxygen atoms in total. The molecule has 2 rings (SSSR count). The summed E-state index contributed by atoms with van der Waals surface area (Å²) in [6.07, 6.45) is 0. The van der Waals surface area contributed by atoms with Gasteiger partial charge in [0.05, 0.1) is 5.75 Å². The summed E-state index contributed by atoms with van der Waals surface area (Å²) in [7, 11) is 2.97. The Balaban J connectivity index is 2.18. The molecule has 7 heteroatoms. The lowest BCUT2D eigenvalue weighted by Gasteiger charge is -2.38. The monoisotopic (exact) mass is 354 g/mol. The Kier molecular flexibility index (Phi) is 6.62. The summed E-state index contributed by atoms with van der Waals surface area (Å²) in [6.45, 7) is 5.99. The van der Waals surface area contributed by atoms with Crippen LogP contribution in [0, 0.1) is 0 Å². The van der Waals surface area contributed by atoms with Crippen molar-refractivity contribution in [1.29, 1.82) is 0 Å². The lowest BCUT2D eigenvalue weighted by atomic mass is 10.0. The van der Waals surface area contributed by atoms with Crippen LogP contribution in [0.4, 0.5) is 5.69 Å². The normalized spacial score (nSPS) is 18.5. The van der Waals surface area contributed by atoms with Gasteiger partial charge in [-0.2, -0.15) is 0 Å². The van der Waals surface area contributed by atoms with E-state index in [0.717, 1.165) is 37.4 Å². The minimum atomic E-state index is -3.19. The number of sulfonamides is 1. The zero-order valence-electron chi connectivity index (χ0n) is 15.2. The SMILES string of the molecule is CCS(=O)(=O)NC[C@H](c1ccc(N(C)C)cc1)N1CCN(C)CC1. The number of hydrogen-bond donors (Lipinski definition) is 1. The molecule has 0 bridgehead atoms. The van der Waals surface area contributed by atoms with Crippen LogP contribution >= 0.6 is 0 Å². The van der Waals surface area contributed by atoms with Crippen molar-refractivity contribution in [2.75, 3.05) is 64.5 Å². The van der Waals surface area contributed by atoms with E-state index >= 15 is 0 Å². The van der Waals surface area contributed by atoms with E-state index in [1.54, 1.807) is 6.92 Å². The first kappa shape index (κ1) is 19.2. The maximum absolute atomic E-state index is 11.9. The predicted molar refractivity (Wildman–Crippen MR) is 100 cm³/mol. The third-order valence-electron chi connectivity index (χ3n) is 4.65. The molecule has 1 aromatic rings. The van der Waals surface area contributed by atoms with Crippen LogP contribution in [0.5, 0.6) is 0 Å². The number of nitrogens with zero attached hydrogens (tertiary/aromatic N) is 3. The van der Waals surface area contributed by atoms with Crippen LogP contribution in [-0.2, 0) is 10.0 Å². The topological polar surface area (TPSA) is 55.9 Å². The fraction of sp³-hybridized carbons (Fsp3) is 0.647. The number of rotatable bonds is 7. The van der Waals surface area contributed by atoms with Crippen LogP contribution in [0.3, 0.4) is 0 Å². The van der Waals surface area contributed by atoms with Crippen LogP contribution in [0.25, 0.3) is 0 Å². The third-order valence-corrected chi connectivity index (χ3v) is 6.02. The molecule has 1 fully saturated rings. The number of benzene rings is 1. The first-order valence-corrected chi connectivity index (χ1v) is 10.1. The van der Waals surface area contributed by atoms with Gasteiger partial charge in [0.1, 0.15) is 0 Å². The van der Waals surface area contributed by atoms with Gasteiger partial charge >= 0.3 is 0 Å². The van der Waals surface area contributed by atoms with Gasteiger partial charge in [-0.25, -0.2) is 13.1 Å². The summed E-state index contributed by atoms with van der Waals surface area (Å²) in [4.78, 5) is 6.75. The van der Waals surface area contributed by atoms with Crippen LogP contribution in [0.1, 0.15) is 18.5 Å². The summed E-state index contributed by atoms with van der Waals surface area (Å²) in [5.41, 5.74) is 2.30. The number of likely N-dealkylation sites (N-methyl/N-ethyl adjacent to an activating group) is 1. The zero-order valence-corrected chi connectivity index (χ0v) is 16.0. The maximum Gasteiger partial charge on any atom is 0.211 e. The third kappa shape index (κ3) is 5.17. The van der Waals surface area contributed by atoms with Gasteiger partial charge in [0.25, 0.3) is 0 Å². The fourth-order valence-corrected chi connectivity index (χ4v) is 3.51.